The largest absolute Gasteiger partial charge is 0.381 e. The van der Waals surface area contributed by atoms with Gasteiger partial charge in [0.15, 0.2) is 5.69 Å². The molecule has 1 aliphatic rings. The first-order valence-corrected chi connectivity index (χ1v) is 7.45. The Morgan fingerprint density at radius 3 is 3.00 bits per heavy atom. The van der Waals surface area contributed by atoms with Crippen molar-refractivity contribution in [2.75, 3.05) is 26.3 Å². The molecule has 0 spiro atoms. The maximum atomic E-state index is 12.1. The zero-order valence-corrected chi connectivity index (χ0v) is 13.4. The summed E-state index contributed by atoms with van der Waals surface area (Å²) < 4.78 is 5.45. The van der Waals surface area contributed by atoms with Crippen LogP contribution in [0, 0.1) is 0 Å². The zero-order chi connectivity index (χ0) is 14.2. The van der Waals surface area contributed by atoms with E-state index in [0.29, 0.717) is 25.4 Å². The number of hydrogen-bond acceptors (Lipinski definition) is 4. The van der Waals surface area contributed by atoms with E-state index in [9.17, 15) is 4.79 Å². The summed E-state index contributed by atoms with van der Waals surface area (Å²) in [5, 5.41) is 13.2. The number of aromatic nitrogens is 2. The quantitative estimate of drug-likeness (QED) is 0.634. The fraction of sp³-hybridized carbons (Fsp3) is 0.714. The number of aromatic amines is 1. The van der Waals surface area contributed by atoms with Gasteiger partial charge in [0.2, 0.25) is 0 Å². The van der Waals surface area contributed by atoms with Crippen LogP contribution in [-0.4, -0.2) is 42.4 Å². The molecule has 1 amide bonds. The molecule has 1 aliphatic heterocycles. The molecule has 0 bridgehead atoms. The number of carbonyl (C=O) groups is 1. The number of unbranched alkanes of at least 4 members (excludes halogenated alkanes) is 1. The van der Waals surface area contributed by atoms with Gasteiger partial charge in [-0.15, -0.1) is 12.4 Å². The second-order valence-corrected chi connectivity index (χ2v) is 5.03. The lowest BCUT2D eigenvalue weighted by Crippen LogP contribution is -2.29. The van der Waals surface area contributed by atoms with Gasteiger partial charge in [0.05, 0.1) is 0 Å². The number of rotatable bonds is 8. The van der Waals surface area contributed by atoms with E-state index in [0.717, 1.165) is 50.1 Å². The predicted molar refractivity (Wildman–Crippen MR) is 83.9 cm³/mol. The number of nitrogens with zero attached hydrogens (tertiary/aromatic N) is 1. The van der Waals surface area contributed by atoms with Gasteiger partial charge < -0.3 is 15.4 Å². The molecule has 2 heterocycles. The molecule has 0 saturated carbocycles. The summed E-state index contributed by atoms with van der Waals surface area (Å²) in [7, 11) is 0. The lowest BCUT2D eigenvalue weighted by molar-refractivity contribution is 0.0934. The van der Waals surface area contributed by atoms with Gasteiger partial charge in [0, 0.05) is 50.5 Å². The molecule has 2 rings (SSSR count). The zero-order valence-electron chi connectivity index (χ0n) is 12.5. The van der Waals surface area contributed by atoms with Crippen molar-refractivity contribution in [2.45, 2.75) is 39.2 Å². The molecule has 120 valence electrons. The fourth-order valence-corrected chi connectivity index (χ4v) is 2.22. The van der Waals surface area contributed by atoms with Crippen LogP contribution >= 0.6 is 12.4 Å². The van der Waals surface area contributed by atoms with Gasteiger partial charge in [0.1, 0.15) is 0 Å². The highest BCUT2D eigenvalue weighted by Gasteiger charge is 2.20. The smallest absolute Gasteiger partial charge is 0.272 e. The summed E-state index contributed by atoms with van der Waals surface area (Å²) in [5.41, 5.74) is 2.61. The van der Waals surface area contributed by atoms with Crippen molar-refractivity contribution in [2.24, 2.45) is 0 Å². The van der Waals surface area contributed by atoms with E-state index in [-0.39, 0.29) is 18.3 Å². The van der Waals surface area contributed by atoms with Crippen LogP contribution in [0.5, 0.6) is 0 Å². The first kappa shape index (κ1) is 17.9. The van der Waals surface area contributed by atoms with E-state index in [4.69, 9.17) is 4.74 Å². The minimum absolute atomic E-state index is 0. The van der Waals surface area contributed by atoms with Crippen LogP contribution in [0.3, 0.4) is 0 Å². The molecule has 7 heteroatoms. The molecule has 0 atom stereocenters. The molecule has 1 aromatic rings. The SMILES string of the molecule is CCCCOCCCNC(=O)c1n[nH]c2c1CNCC2.Cl. The molecular formula is C14H25ClN4O2. The third-order valence-corrected chi connectivity index (χ3v) is 3.41. The van der Waals surface area contributed by atoms with Gasteiger partial charge in [0.25, 0.3) is 5.91 Å². The summed E-state index contributed by atoms with van der Waals surface area (Å²) in [6, 6.07) is 0. The van der Waals surface area contributed by atoms with Crippen LogP contribution in [0.25, 0.3) is 0 Å². The fourth-order valence-electron chi connectivity index (χ4n) is 2.22. The van der Waals surface area contributed by atoms with Crippen LogP contribution in [-0.2, 0) is 17.7 Å². The number of nitrogens with one attached hydrogen (secondary N) is 3. The second-order valence-electron chi connectivity index (χ2n) is 5.03. The summed E-state index contributed by atoms with van der Waals surface area (Å²) in [4.78, 5) is 12.1. The lowest BCUT2D eigenvalue weighted by atomic mass is 10.1. The first-order chi connectivity index (χ1) is 9.83. The minimum atomic E-state index is -0.0974. The average molecular weight is 317 g/mol. The number of H-pyrrole nitrogens is 1. The average Bonchev–Trinajstić information content (AvgIpc) is 2.90. The summed E-state index contributed by atoms with van der Waals surface area (Å²) in [5.74, 6) is -0.0974. The van der Waals surface area contributed by atoms with Crippen LogP contribution < -0.4 is 10.6 Å². The summed E-state index contributed by atoms with van der Waals surface area (Å²) in [6.07, 6.45) is 3.98. The first-order valence-electron chi connectivity index (χ1n) is 7.45. The molecule has 1 aromatic heterocycles. The standard InChI is InChI=1S/C14H24N4O2.ClH/c1-2-3-8-20-9-4-6-16-14(19)13-11-10-15-7-5-12(11)17-18-13;/h15H,2-10H2,1H3,(H,16,19)(H,17,18);1H. The van der Waals surface area contributed by atoms with Crippen LogP contribution in [0.4, 0.5) is 0 Å². The van der Waals surface area contributed by atoms with Crippen molar-refractivity contribution in [3.8, 4) is 0 Å². The van der Waals surface area contributed by atoms with E-state index >= 15 is 0 Å². The number of fused-ring (bicyclic) bond motifs is 1. The van der Waals surface area contributed by atoms with Crippen molar-refractivity contribution in [1.82, 2.24) is 20.8 Å². The molecule has 0 fully saturated rings. The van der Waals surface area contributed by atoms with Gasteiger partial charge in [-0.3, -0.25) is 9.89 Å². The molecule has 3 N–H and O–H groups in total. The van der Waals surface area contributed by atoms with Crippen LogP contribution in [0.2, 0.25) is 0 Å². The van der Waals surface area contributed by atoms with E-state index in [1.54, 1.807) is 0 Å². The Morgan fingerprint density at radius 1 is 1.38 bits per heavy atom. The van der Waals surface area contributed by atoms with Crippen molar-refractivity contribution in [3.63, 3.8) is 0 Å². The summed E-state index contributed by atoms with van der Waals surface area (Å²) >= 11 is 0. The predicted octanol–water partition coefficient (Wildman–Crippen LogP) is 1.41. The number of ether oxygens (including phenoxy) is 1. The molecule has 0 aromatic carbocycles. The van der Waals surface area contributed by atoms with Crippen molar-refractivity contribution < 1.29 is 9.53 Å². The molecule has 6 nitrogen and oxygen atoms in total. The topological polar surface area (TPSA) is 79.0 Å². The van der Waals surface area contributed by atoms with Crippen molar-refractivity contribution >= 4 is 18.3 Å². The Hall–Kier alpha value is -1.11. The third kappa shape index (κ3) is 5.30. The maximum absolute atomic E-state index is 12.1. The highest BCUT2D eigenvalue weighted by atomic mass is 35.5. The molecule has 0 saturated heterocycles. The van der Waals surface area contributed by atoms with Gasteiger partial charge in [-0.1, -0.05) is 13.3 Å². The number of halogens is 1. The molecule has 0 aliphatic carbocycles. The van der Waals surface area contributed by atoms with Crippen molar-refractivity contribution in [3.05, 3.63) is 17.0 Å². The van der Waals surface area contributed by atoms with Gasteiger partial charge in [-0.2, -0.15) is 5.10 Å². The van der Waals surface area contributed by atoms with Gasteiger partial charge in [-0.25, -0.2) is 0 Å². The highest BCUT2D eigenvalue weighted by molar-refractivity contribution is 5.94. The molecule has 21 heavy (non-hydrogen) atoms. The number of carbonyl (C=O) groups excluding carboxylic acids is 1. The monoisotopic (exact) mass is 316 g/mol. The van der Waals surface area contributed by atoms with E-state index < -0.39 is 0 Å². The Bertz CT molecular complexity index is 437. The number of hydrogen-bond donors (Lipinski definition) is 3. The second kappa shape index (κ2) is 9.76. The Labute approximate surface area is 131 Å². The van der Waals surface area contributed by atoms with E-state index in [1.165, 1.54) is 0 Å². The molecule has 0 radical (unpaired) electrons. The van der Waals surface area contributed by atoms with Crippen LogP contribution in [0.1, 0.15) is 47.9 Å². The van der Waals surface area contributed by atoms with Gasteiger partial charge >= 0.3 is 0 Å². The minimum Gasteiger partial charge on any atom is -0.381 e. The Balaban J connectivity index is 0.00000220. The Kier molecular flexibility index (Phi) is 8.34. The van der Waals surface area contributed by atoms with Crippen molar-refractivity contribution in [1.29, 1.82) is 0 Å². The maximum Gasteiger partial charge on any atom is 0.272 e. The third-order valence-electron chi connectivity index (χ3n) is 3.41. The lowest BCUT2D eigenvalue weighted by Gasteiger charge is -2.12. The normalized spacial score (nSPS) is 13.4. The Morgan fingerprint density at radius 2 is 2.19 bits per heavy atom. The van der Waals surface area contributed by atoms with Crippen LogP contribution in [0.15, 0.2) is 0 Å². The van der Waals surface area contributed by atoms with E-state index in [1.807, 2.05) is 0 Å². The van der Waals surface area contributed by atoms with E-state index in [2.05, 4.69) is 27.8 Å². The summed E-state index contributed by atoms with van der Waals surface area (Å²) in [6.45, 7) is 5.92. The highest BCUT2D eigenvalue weighted by Crippen LogP contribution is 2.14. The molecule has 0 unspecified atom stereocenters. The number of amides is 1. The molecular weight excluding hydrogens is 292 g/mol. The van der Waals surface area contributed by atoms with Gasteiger partial charge in [-0.05, 0) is 12.8 Å².